The molecule has 1 unspecified atom stereocenters. The summed E-state index contributed by atoms with van der Waals surface area (Å²) in [4.78, 5) is 12.4. The van der Waals surface area contributed by atoms with E-state index in [0.29, 0.717) is 0 Å². The van der Waals surface area contributed by atoms with Crippen LogP contribution in [0.3, 0.4) is 0 Å². The molecule has 0 saturated heterocycles. The van der Waals surface area contributed by atoms with Gasteiger partial charge in [-0.05, 0) is 19.1 Å². The number of carboxylic acids is 1. The third kappa shape index (κ3) is 6.60. The van der Waals surface area contributed by atoms with Crippen LogP contribution in [0.5, 0.6) is 0 Å². The second kappa shape index (κ2) is 5.49. The lowest BCUT2D eigenvalue weighted by Crippen LogP contribution is -2.25. The summed E-state index contributed by atoms with van der Waals surface area (Å²) in [6, 6.07) is 3.16. The minimum atomic E-state index is -0.963. The number of hydrogen-bond acceptors (Lipinski definition) is 2. The molecule has 0 fully saturated rings. The molecule has 4 nitrogen and oxygen atoms in total. The molecule has 0 aliphatic heterocycles. The molecular weight excluding hydrogens is 144 g/mol. The van der Waals surface area contributed by atoms with Gasteiger partial charge in [0.1, 0.15) is 6.04 Å². The lowest BCUT2D eigenvalue weighted by molar-refractivity contribution is -0.138. The Balaban J connectivity index is 0.000000183. The Bertz CT molecular complexity index is 165. The normalized spacial score (nSPS) is 11.1. The first-order valence-corrected chi connectivity index (χ1v) is 3.20. The van der Waals surface area contributed by atoms with Gasteiger partial charge in [-0.1, -0.05) is 0 Å². The second-order valence-corrected chi connectivity index (χ2v) is 2.01. The van der Waals surface area contributed by atoms with Crippen molar-refractivity contribution in [2.75, 3.05) is 0 Å². The Morgan fingerprint density at radius 2 is 1.91 bits per heavy atom. The van der Waals surface area contributed by atoms with E-state index in [-0.39, 0.29) is 0 Å². The van der Waals surface area contributed by atoms with Gasteiger partial charge in [0.25, 0.3) is 0 Å². The third-order valence-electron chi connectivity index (χ3n) is 0.886. The predicted octanol–water partition coefficient (Wildman–Crippen LogP) is 0.433. The molecule has 0 saturated carbocycles. The zero-order valence-electron chi connectivity index (χ0n) is 6.32. The first kappa shape index (κ1) is 9.71. The number of carboxylic acid groups (broad SMARTS) is 1. The van der Waals surface area contributed by atoms with Crippen LogP contribution in [0.1, 0.15) is 6.92 Å². The molecule has 1 heterocycles. The van der Waals surface area contributed by atoms with E-state index in [0.717, 1.165) is 0 Å². The van der Waals surface area contributed by atoms with E-state index in [2.05, 4.69) is 4.98 Å². The van der Waals surface area contributed by atoms with E-state index in [1.807, 2.05) is 24.5 Å². The van der Waals surface area contributed by atoms with Crippen molar-refractivity contribution < 1.29 is 9.90 Å². The van der Waals surface area contributed by atoms with Crippen LogP contribution in [0, 0.1) is 0 Å². The fraction of sp³-hybridized carbons (Fsp3) is 0.286. The van der Waals surface area contributed by atoms with Crippen LogP contribution in [0.15, 0.2) is 24.5 Å². The average molecular weight is 156 g/mol. The molecule has 11 heavy (non-hydrogen) atoms. The number of hydrogen-bond donors (Lipinski definition) is 3. The van der Waals surface area contributed by atoms with Crippen LogP contribution >= 0.6 is 0 Å². The summed E-state index contributed by atoms with van der Waals surface area (Å²) in [5.41, 5.74) is 4.84. The van der Waals surface area contributed by atoms with Gasteiger partial charge in [0.15, 0.2) is 0 Å². The van der Waals surface area contributed by atoms with Crippen molar-refractivity contribution in [3.8, 4) is 0 Å². The number of H-pyrrole nitrogens is 1. The minimum absolute atomic E-state index is 0.731. The number of carbonyl (C=O) groups is 1. The number of nitrogens with one attached hydrogen (secondary N) is 1. The summed E-state index contributed by atoms with van der Waals surface area (Å²) in [6.07, 6.45) is 3.75. The van der Waals surface area contributed by atoms with Crippen LogP contribution < -0.4 is 5.73 Å². The van der Waals surface area contributed by atoms with Gasteiger partial charge in [-0.15, -0.1) is 0 Å². The molecule has 0 bridgehead atoms. The van der Waals surface area contributed by atoms with Crippen molar-refractivity contribution in [3.63, 3.8) is 0 Å². The second-order valence-electron chi connectivity index (χ2n) is 2.01. The maximum atomic E-state index is 9.57. The maximum Gasteiger partial charge on any atom is 0.320 e. The number of aromatic amines is 1. The lowest BCUT2D eigenvalue weighted by Gasteiger charge is -1.90. The molecule has 4 heteroatoms. The number of aliphatic carboxylic acids is 1. The summed E-state index contributed by atoms with van der Waals surface area (Å²) in [5.74, 6) is -0.963. The SMILES string of the molecule is CC(N)C(=O)O.c1cc[nH]c1. The van der Waals surface area contributed by atoms with E-state index in [9.17, 15) is 4.79 Å². The van der Waals surface area contributed by atoms with E-state index in [1.54, 1.807) is 0 Å². The molecule has 1 aromatic heterocycles. The maximum absolute atomic E-state index is 9.57. The van der Waals surface area contributed by atoms with Crippen LogP contribution in [0.2, 0.25) is 0 Å². The van der Waals surface area contributed by atoms with E-state index >= 15 is 0 Å². The van der Waals surface area contributed by atoms with Crippen molar-refractivity contribution in [1.82, 2.24) is 4.98 Å². The number of rotatable bonds is 1. The van der Waals surface area contributed by atoms with Gasteiger partial charge in [-0.25, -0.2) is 0 Å². The van der Waals surface area contributed by atoms with Gasteiger partial charge < -0.3 is 15.8 Å². The Morgan fingerprint density at radius 3 is 2.00 bits per heavy atom. The smallest absolute Gasteiger partial charge is 0.320 e. The fourth-order valence-electron chi connectivity index (χ4n) is 0.278. The molecule has 0 aromatic carbocycles. The molecule has 1 aromatic rings. The van der Waals surface area contributed by atoms with Crippen LogP contribution in [0.4, 0.5) is 0 Å². The van der Waals surface area contributed by atoms with E-state index in [4.69, 9.17) is 10.8 Å². The molecule has 0 aliphatic rings. The molecule has 62 valence electrons. The largest absolute Gasteiger partial charge is 0.480 e. The first-order valence-electron chi connectivity index (χ1n) is 3.20. The molecule has 0 radical (unpaired) electrons. The predicted molar refractivity (Wildman–Crippen MR) is 42.1 cm³/mol. The molecule has 0 spiro atoms. The molecular formula is C7H12N2O2. The monoisotopic (exact) mass is 156 g/mol. The summed E-state index contributed by atoms with van der Waals surface area (Å²) < 4.78 is 0. The highest BCUT2D eigenvalue weighted by molar-refractivity contribution is 5.72. The first-order chi connectivity index (χ1) is 5.14. The Morgan fingerprint density at radius 1 is 1.55 bits per heavy atom. The third-order valence-corrected chi connectivity index (χ3v) is 0.886. The van der Waals surface area contributed by atoms with E-state index in [1.165, 1.54) is 6.92 Å². The summed E-state index contributed by atoms with van der Waals surface area (Å²) in [5, 5.41) is 7.87. The van der Waals surface area contributed by atoms with Crippen molar-refractivity contribution in [3.05, 3.63) is 24.5 Å². The van der Waals surface area contributed by atoms with Crippen LogP contribution in [-0.2, 0) is 4.79 Å². The zero-order chi connectivity index (χ0) is 8.69. The topological polar surface area (TPSA) is 79.1 Å². The minimum Gasteiger partial charge on any atom is -0.480 e. The molecule has 0 amide bonds. The van der Waals surface area contributed by atoms with Crippen LogP contribution in [-0.4, -0.2) is 22.1 Å². The van der Waals surface area contributed by atoms with Gasteiger partial charge in [-0.3, -0.25) is 4.79 Å². The molecule has 4 N–H and O–H groups in total. The van der Waals surface area contributed by atoms with Gasteiger partial charge in [0.2, 0.25) is 0 Å². The highest BCUT2D eigenvalue weighted by Gasteiger charge is 1.99. The molecule has 1 rings (SSSR count). The Labute approximate surface area is 65.0 Å². The molecule has 1 atom stereocenters. The van der Waals surface area contributed by atoms with Gasteiger partial charge >= 0.3 is 5.97 Å². The Hall–Kier alpha value is -1.29. The van der Waals surface area contributed by atoms with Gasteiger partial charge in [0, 0.05) is 12.4 Å². The number of nitrogens with two attached hydrogens (primary N) is 1. The zero-order valence-corrected chi connectivity index (χ0v) is 6.32. The van der Waals surface area contributed by atoms with E-state index < -0.39 is 12.0 Å². The quantitative estimate of drug-likeness (QED) is 0.551. The standard InChI is InChI=1S/C4H5N.C3H7NO2/c1-2-4-5-3-1;1-2(4)3(5)6/h1-5H;2H,4H2,1H3,(H,5,6). The number of aromatic nitrogens is 1. The highest BCUT2D eigenvalue weighted by Crippen LogP contribution is 1.72. The fourth-order valence-corrected chi connectivity index (χ4v) is 0.278. The van der Waals surface area contributed by atoms with Crippen LogP contribution in [0.25, 0.3) is 0 Å². The van der Waals surface area contributed by atoms with Gasteiger partial charge in [-0.2, -0.15) is 0 Å². The van der Waals surface area contributed by atoms with Gasteiger partial charge in [0.05, 0.1) is 0 Å². The lowest BCUT2D eigenvalue weighted by atomic mass is 10.4. The van der Waals surface area contributed by atoms with Crippen molar-refractivity contribution in [2.45, 2.75) is 13.0 Å². The summed E-state index contributed by atoms with van der Waals surface area (Å²) in [7, 11) is 0. The van der Waals surface area contributed by atoms with Crippen molar-refractivity contribution in [1.29, 1.82) is 0 Å². The average Bonchev–Trinajstić information content (AvgIpc) is 2.41. The van der Waals surface area contributed by atoms with Crippen molar-refractivity contribution in [2.24, 2.45) is 5.73 Å². The Kier molecular flexibility index (Phi) is 4.85. The highest BCUT2D eigenvalue weighted by atomic mass is 16.4. The van der Waals surface area contributed by atoms with Crippen molar-refractivity contribution >= 4 is 5.97 Å². The summed E-state index contributed by atoms with van der Waals surface area (Å²) >= 11 is 0. The summed E-state index contributed by atoms with van der Waals surface area (Å²) in [6.45, 7) is 1.42. The molecule has 0 aliphatic carbocycles.